The van der Waals surface area contributed by atoms with Crippen LogP contribution >= 0.6 is 0 Å². The summed E-state index contributed by atoms with van der Waals surface area (Å²) < 4.78 is 33.3. The van der Waals surface area contributed by atoms with Gasteiger partial charge in [0.05, 0.1) is 10.4 Å². The quantitative estimate of drug-likeness (QED) is 0.935. The summed E-state index contributed by atoms with van der Waals surface area (Å²) in [7, 11) is -3.63. The molecule has 3 rings (SSSR count). The number of nitrogens with zero attached hydrogens (tertiary/aromatic N) is 2. The minimum Gasteiger partial charge on any atom is -0.340 e. The molecule has 1 aromatic heterocycles. The maximum absolute atomic E-state index is 12.7. The molecular weight excluding hydrogens is 302 g/mol. The minimum absolute atomic E-state index is 0.250. The van der Waals surface area contributed by atoms with Crippen LogP contribution in [0.5, 0.6) is 0 Å². The summed E-state index contributed by atoms with van der Waals surface area (Å²) in [4.78, 5) is 4.53. The van der Waals surface area contributed by atoms with Crippen LogP contribution in [0.4, 0.5) is 0 Å². The van der Waals surface area contributed by atoms with Crippen molar-refractivity contribution < 1.29 is 12.9 Å². The van der Waals surface area contributed by atoms with Crippen LogP contribution in [-0.2, 0) is 15.6 Å². The predicted molar refractivity (Wildman–Crippen MR) is 80.6 cm³/mol. The van der Waals surface area contributed by atoms with Crippen LogP contribution in [0.3, 0.4) is 0 Å². The molecule has 6 nitrogen and oxygen atoms in total. The first-order valence-corrected chi connectivity index (χ1v) is 8.90. The van der Waals surface area contributed by atoms with Gasteiger partial charge >= 0.3 is 0 Å². The Morgan fingerprint density at radius 1 is 1.14 bits per heavy atom. The van der Waals surface area contributed by atoms with Crippen LogP contribution in [0.1, 0.15) is 43.8 Å². The fraction of sp³-hybridized carbons (Fsp3) is 0.467. The van der Waals surface area contributed by atoms with Crippen LogP contribution in [-0.4, -0.2) is 18.6 Å². The Morgan fingerprint density at radius 3 is 2.41 bits per heavy atom. The normalized spacial score (nSPS) is 18.2. The van der Waals surface area contributed by atoms with Gasteiger partial charge < -0.3 is 4.52 Å². The summed E-state index contributed by atoms with van der Waals surface area (Å²) in [5.74, 6) is 0.878. The van der Waals surface area contributed by atoms with E-state index in [0.29, 0.717) is 24.6 Å². The zero-order chi connectivity index (χ0) is 15.6. The van der Waals surface area contributed by atoms with Gasteiger partial charge in [0, 0.05) is 6.92 Å². The molecule has 0 saturated heterocycles. The average Bonchev–Trinajstić information content (AvgIpc) is 2.96. The van der Waals surface area contributed by atoms with Gasteiger partial charge in [0.25, 0.3) is 0 Å². The Hall–Kier alpha value is -1.73. The lowest BCUT2D eigenvalue weighted by molar-refractivity contribution is 0.248. The van der Waals surface area contributed by atoms with Crippen molar-refractivity contribution in [1.82, 2.24) is 14.9 Å². The van der Waals surface area contributed by atoms with E-state index in [2.05, 4.69) is 14.9 Å². The molecule has 22 heavy (non-hydrogen) atoms. The number of aromatic nitrogens is 2. The van der Waals surface area contributed by atoms with Gasteiger partial charge in [0.1, 0.15) is 0 Å². The van der Waals surface area contributed by atoms with Crippen molar-refractivity contribution in [3.63, 3.8) is 0 Å². The number of nitrogens with one attached hydrogen (secondary N) is 1. The van der Waals surface area contributed by atoms with Gasteiger partial charge in [-0.1, -0.05) is 42.6 Å². The Labute approximate surface area is 130 Å². The molecule has 1 N–H and O–H groups in total. The van der Waals surface area contributed by atoms with E-state index in [-0.39, 0.29) is 4.90 Å². The summed E-state index contributed by atoms with van der Waals surface area (Å²) in [6.07, 6.45) is 4.32. The molecule has 7 heteroatoms. The molecule has 1 aromatic carbocycles. The Morgan fingerprint density at radius 2 is 1.82 bits per heavy atom. The zero-order valence-corrected chi connectivity index (χ0v) is 13.3. The van der Waals surface area contributed by atoms with Crippen molar-refractivity contribution in [2.45, 2.75) is 49.5 Å². The summed E-state index contributed by atoms with van der Waals surface area (Å²) in [6, 6.07) is 8.37. The number of benzene rings is 1. The Kier molecular flexibility index (Phi) is 4.01. The van der Waals surface area contributed by atoms with Gasteiger partial charge in [-0.05, 0) is 25.0 Å². The second-order valence-corrected chi connectivity index (χ2v) is 7.38. The molecule has 1 fully saturated rings. The van der Waals surface area contributed by atoms with Crippen molar-refractivity contribution in [2.75, 3.05) is 0 Å². The van der Waals surface area contributed by atoms with Crippen molar-refractivity contribution in [3.05, 3.63) is 42.0 Å². The van der Waals surface area contributed by atoms with Crippen LogP contribution < -0.4 is 4.72 Å². The maximum atomic E-state index is 12.7. The highest BCUT2D eigenvalue weighted by molar-refractivity contribution is 7.89. The van der Waals surface area contributed by atoms with E-state index in [1.54, 1.807) is 37.3 Å². The van der Waals surface area contributed by atoms with E-state index in [1.807, 2.05) is 0 Å². The molecule has 1 saturated carbocycles. The SMILES string of the molecule is Cc1nc(C2(NS(=O)(=O)c3ccccc3)CCCCC2)no1. The highest BCUT2D eigenvalue weighted by atomic mass is 32.2. The lowest BCUT2D eigenvalue weighted by Crippen LogP contribution is -2.47. The number of aryl methyl sites for hydroxylation is 1. The third kappa shape index (κ3) is 2.91. The van der Waals surface area contributed by atoms with Gasteiger partial charge in [-0.25, -0.2) is 8.42 Å². The standard InChI is InChI=1S/C15H19N3O3S/c1-12-16-14(17-21-12)15(10-6-3-7-11-15)18-22(19,20)13-8-4-2-5-9-13/h2,4-5,8-9,18H,3,6-7,10-11H2,1H3. The van der Waals surface area contributed by atoms with Crippen molar-refractivity contribution >= 4 is 10.0 Å². The van der Waals surface area contributed by atoms with Crippen LogP contribution in [0.25, 0.3) is 0 Å². The molecule has 1 aliphatic rings. The van der Waals surface area contributed by atoms with E-state index < -0.39 is 15.6 Å². The molecule has 0 aliphatic heterocycles. The molecule has 0 amide bonds. The first kappa shape index (κ1) is 15.2. The van der Waals surface area contributed by atoms with E-state index >= 15 is 0 Å². The van der Waals surface area contributed by atoms with Crippen LogP contribution in [0.15, 0.2) is 39.8 Å². The van der Waals surface area contributed by atoms with Crippen molar-refractivity contribution in [2.24, 2.45) is 0 Å². The van der Waals surface area contributed by atoms with E-state index in [0.717, 1.165) is 19.3 Å². The number of sulfonamides is 1. The molecule has 118 valence electrons. The summed E-state index contributed by atoms with van der Waals surface area (Å²) in [6.45, 7) is 1.71. The molecule has 0 radical (unpaired) electrons. The highest BCUT2D eigenvalue weighted by Gasteiger charge is 2.41. The summed E-state index contributed by atoms with van der Waals surface area (Å²) in [5.41, 5.74) is -0.773. The lowest BCUT2D eigenvalue weighted by atomic mass is 9.82. The van der Waals surface area contributed by atoms with Crippen molar-refractivity contribution in [1.29, 1.82) is 0 Å². The van der Waals surface area contributed by atoms with Gasteiger partial charge in [-0.15, -0.1) is 0 Å². The van der Waals surface area contributed by atoms with Crippen LogP contribution in [0.2, 0.25) is 0 Å². The lowest BCUT2D eigenvalue weighted by Gasteiger charge is -2.34. The fourth-order valence-electron chi connectivity index (χ4n) is 2.94. The summed E-state index contributed by atoms with van der Waals surface area (Å²) in [5, 5.41) is 3.98. The average molecular weight is 321 g/mol. The molecule has 0 unspecified atom stereocenters. The third-order valence-electron chi connectivity index (χ3n) is 4.05. The fourth-order valence-corrected chi connectivity index (χ4v) is 4.38. The zero-order valence-electron chi connectivity index (χ0n) is 12.4. The van der Waals surface area contributed by atoms with E-state index in [4.69, 9.17) is 4.52 Å². The second kappa shape index (κ2) is 5.81. The van der Waals surface area contributed by atoms with Gasteiger partial charge in [-0.3, -0.25) is 0 Å². The van der Waals surface area contributed by atoms with Gasteiger partial charge in [-0.2, -0.15) is 9.71 Å². The molecule has 2 aromatic rings. The molecule has 0 bridgehead atoms. The largest absolute Gasteiger partial charge is 0.340 e. The molecular formula is C15H19N3O3S. The van der Waals surface area contributed by atoms with E-state index in [9.17, 15) is 8.42 Å². The molecule has 1 aliphatic carbocycles. The van der Waals surface area contributed by atoms with Crippen LogP contribution in [0, 0.1) is 6.92 Å². The third-order valence-corrected chi connectivity index (χ3v) is 5.60. The maximum Gasteiger partial charge on any atom is 0.241 e. The monoisotopic (exact) mass is 321 g/mol. The minimum atomic E-state index is -3.63. The first-order valence-electron chi connectivity index (χ1n) is 7.42. The number of rotatable bonds is 4. The Balaban J connectivity index is 1.97. The topological polar surface area (TPSA) is 85.1 Å². The number of hydrogen-bond acceptors (Lipinski definition) is 5. The Bertz CT molecular complexity index is 734. The first-order chi connectivity index (χ1) is 10.5. The summed E-state index contributed by atoms with van der Waals surface area (Å²) >= 11 is 0. The van der Waals surface area contributed by atoms with Crippen molar-refractivity contribution in [3.8, 4) is 0 Å². The predicted octanol–water partition coefficient (Wildman–Crippen LogP) is 2.52. The molecule has 1 heterocycles. The molecule has 0 spiro atoms. The van der Waals surface area contributed by atoms with Gasteiger partial charge in [0.2, 0.25) is 15.9 Å². The van der Waals surface area contributed by atoms with Gasteiger partial charge in [0.15, 0.2) is 5.82 Å². The molecule has 0 atom stereocenters. The second-order valence-electron chi connectivity index (χ2n) is 5.70. The number of hydrogen-bond donors (Lipinski definition) is 1. The highest BCUT2D eigenvalue weighted by Crippen LogP contribution is 2.37. The van der Waals surface area contributed by atoms with E-state index in [1.165, 1.54) is 0 Å². The smallest absolute Gasteiger partial charge is 0.241 e.